The van der Waals surface area contributed by atoms with Gasteiger partial charge in [-0.2, -0.15) is 0 Å². The number of unbranched alkanes of at least 4 members (excludes halogenated alkanes) is 8. The SMILES string of the molecule is CCCCCCC[N+]1(CCCCCCC)CCCC1. The summed E-state index contributed by atoms with van der Waals surface area (Å²) in [6.45, 7) is 10.6. The molecular formula is C18H38N+. The van der Waals surface area contributed by atoms with Crippen LogP contribution >= 0.6 is 0 Å². The second-order valence-electron chi connectivity index (χ2n) is 6.77. The summed E-state index contributed by atoms with van der Waals surface area (Å²) in [5, 5.41) is 0. The van der Waals surface area contributed by atoms with Gasteiger partial charge in [0.1, 0.15) is 0 Å². The molecular weight excluding hydrogens is 230 g/mol. The first-order valence-electron chi connectivity index (χ1n) is 9.18. The normalized spacial score (nSPS) is 18.0. The van der Waals surface area contributed by atoms with Crippen molar-refractivity contribution in [1.82, 2.24) is 0 Å². The van der Waals surface area contributed by atoms with Gasteiger partial charge >= 0.3 is 0 Å². The standard InChI is InChI=1S/C18H38N/c1-3-5-7-9-11-15-19(17-13-14-18-19)16-12-10-8-6-4-2/h3-18H2,1-2H3/q+1. The average molecular weight is 269 g/mol. The minimum absolute atomic E-state index is 1.37. The monoisotopic (exact) mass is 268 g/mol. The molecule has 1 aliphatic rings. The van der Waals surface area contributed by atoms with Crippen LogP contribution in [-0.2, 0) is 0 Å². The van der Waals surface area contributed by atoms with Gasteiger partial charge in [0, 0.05) is 12.8 Å². The molecule has 1 nitrogen and oxygen atoms in total. The molecule has 0 bridgehead atoms. The van der Waals surface area contributed by atoms with E-state index in [1.165, 1.54) is 108 Å². The Kier molecular flexibility index (Phi) is 9.59. The van der Waals surface area contributed by atoms with Crippen LogP contribution in [0.2, 0.25) is 0 Å². The minimum Gasteiger partial charge on any atom is -0.324 e. The Morgan fingerprint density at radius 3 is 1.42 bits per heavy atom. The lowest BCUT2D eigenvalue weighted by Gasteiger charge is -2.34. The van der Waals surface area contributed by atoms with Gasteiger partial charge in [-0.1, -0.05) is 52.4 Å². The molecule has 0 N–H and O–H groups in total. The molecule has 0 amide bonds. The number of hydrogen-bond acceptors (Lipinski definition) is 0. The van der Waals surface area contributed by atoms with E-state index in [0.29, 0.717) is 0 Å². The Balaban J connectivity index is 2.14. The number of quaternary nitrogens is 1. The molecule has 1 heterocycles. The molecule has 0 unspecified atom stereocenters. The van der Waals surface area contributed by atoms with Crippen molar-refractivity contribution in [2.45, 2.75) is 90.9 Å². The van der Waals surface area contributed by atoms with Gasteiger partial charge in [-0.3, -0.25) is 0 Å². The summed E-state index contributed by atoms with van der Waals surface area (Å²) in [5.74, 6) is 0. The average Bonchev–Trinajstić information content (AvgIpc) is 2.88. The second kappa shape index (κ2) is 10.7. The van der Waals surface area contributed by atoms with E-state index in [1.54, 1.807) is 0 Å². The molecule has 1 heteroatoms. The lowest BCUT2D eigenvalue weighted by atomic mass is 10.1. The van der Waals surface area contributed by atoms with Crippen LogP contribution in [0.15, 0.2) is 0 Å². The molecule has 0 saturated carbocycles. The van der Waals surface area contributed by atoms with Gasteiger partial charge in [0.05, 0.1) is 26.2 Å². The maximum atomic E-state index is 2.31. The van der Waals surface area contributed by atoms with Crippen molar-refractivity contribution in [3.05, 3.63) is 0 Å². The van der Waals surface area contributed by atoms with Gasteiger partial charge in [-0.25, -0.2) is 0 Å². The van der Waals surface area contributed by atoms with Gasteiger partial charge in [-0.05, 0) is 25.7 Å². The molecule has 0 aromatic rings. The third-order valence-electron chi connectivity index (χ3n) is 4.99. The smallest absolute Gasteiger partial charge is 0.0788 e. The van der Waals surface area contributed by atoms with Crippen LogP contribution in [0.4, 0.5) is 0 Å². The molecule has 1 fully saturated rings. The molecule has 1 saturated heterocycles. The number of hydrogen-bond donors (Lipinski definition) is 0. The van der Waals surface area contributed by atoms with Crippen LogP contribution in [0.1, 0.15) is 90.9 Å². The lowest BCUT2D eigenvalue weighted by Crippen LogP contribution is -2.46. The summed E-state index contributed by atoms with van der Waals surface area (Å²) in [6, 6.07) is 0. The summed E-state index contributed by atoms with van der Waals surface area (Å²) in [7, 11) is 0. The molecule has 0 aromatic heterocycles. The highest BCUT2D eigenvalue weighted by atomic mass is 15.4. The highest BCUT2D eigenvalue weighted by Crippen LogP contribution is 2.22. The Hall–Kier alpha value is -0.0400. The van der Waals surface area contributed by atoms with Crippen LogP contribution in [-0.4, -0.2) is 30.7 Å². The van der Waals surface area contributed by atoms with E-state index in [1.807, 2.05) is 0 Å². The predicted octanol–water partition coefficient (Wildman–Crippen LogP) is 5.54. The van der Waals surface area contributed by atoms with Crippen LogP contribution in [0.25, 0.3) is 0 Å². The van der Waals surface area contributed by atoms with Crippen molar-refractivity contribution >= 4 is 0 Å². The largest absolute Gasteiger partial charge is 0.324 e. The zero-order valence-electron chi connectivity index (χ0n) is 13.8. The fraction of sp³-hybridized carbons (Fsp3) is 1.00. The van der Waals surface area contributed by atoms with Crippen LogP contribution in [0, 0.1) is 0 Å². The Bertz CT molecular complexity index is 178. The first kappa shape index (κ1) is 17.0. The summed E-state index contributed by atoms with van der Waals surface area (Å²) in [5.41, 5.74) is 0. The highest BCUT2D eigenvalue weighted by Gasteiger charge is 2.30. The van der Waals surface area contributed by atoms with Crippen molar-refractivity contribution in [2.75, 3.05) is 26.2 Å². The minimum atomic E-state index is 1.37. The molecule has 1 rings (SSSR count). The van der Waals surface area contributed by atoms with E-state index in [9.17, 15) is 0 Å². The van der Waals surface area contributed by atoms with Crippen LogP contribution in [0.3, 0.4) is 0 Å². The fourth-order valence-corrected chi connectivity index (χ4v) is 3.67. The van der Waals surface area contributed by atoms with Crippen molar-refractivity contribution in [3.63, 3.8) is 0 Å². The van der Waals surface area contributed by atoms with Gasteiger partial charge in [0.15, 0.2) is 0 Å². The molecule has 114 valence electrons. The maximum Gasteiger partial charge on any atom is 0.0788 e. The van der Waals surface area contributed by atoms with E-state index in [4.69, 9.17) is 0 Å². The summed E-state index contributed by atoms with van der Waals surface area (Å²) < 4.78 is 1.48. The molecule has 0 aliphatic carbocycles. The van der Waals surface area contributed by atoms with Crippen LogP contribution in [0.5, 0.6) is 0 Å². The molecule has 0 aromatic carbocycles. The van der Waals surface area contributed by atoms with Crippen LogP contribution < -0.4 is 0 Å². The molecule has 0 spiro atoms. The third kappa shape index (κ3) is 7.34. The van der Waals surface area contributed by atoms with Gasteiger partial charge in [0.25, 0.3) is 0 Å². The quantitative estimate of drug-likeness (QED) is 0.322. The first-order chi connectivity index (χ1) is 9.33. The van der Waals surface area contributed by atoms with E-state index in [0.717, 1.165) is 0 Å². The highest BCUT2D eigenvalue weighted by molar-refractivity contribution is 4.57. The zero-order valence-corrected chi connectivity index (χ0v) is 13.8. The number of likely N-dealkylation sites (tertiary alicyclic amines) is 1. The van der Waals surface area contributed by atoms with E-state index < -0.39 is 0 Å². The summed E-state index contributed by atoms with van der Waals surface area (Å²) in [6.07, 6.45) is 17.5. The van der Waals surface area contributed by atoms with Crippen molar-refractivity contribution in [2.24, 2.45) is 0 Å². The second-order valence-corrected chi connectivity index (χ2v) is 6.77. The lowest BCUT2D eigenvalue weighted by molar-refractivity contribution is -0.917. The molecule has 0 atom stereocenters. The summed E-state index contributed by atoms with van der Waals surface area (Å²) >= 11 is 0. The Morgan fingerprint density at radius 2 is 1.00 bits per heavy atom. The third-order valence-corrected chi connectivity index (χ3v) is 4.99. The Morgan fingerprint density at radius 1 is 0.579 bits per heavy atom. The van der Waals surface area contributed by atoms with E-state index in [2.05, 4.69) is 13.8 Å². The van der Waals surface area contributed by atoms with Crippen molar-refractivity contribution in [3.8, 4) is 0 Å². The molecule has 0 radical (unpaired) electrons. The topological polar surface area (TPSA) is 0 Å². The first-order valence-corrected chi connectivity index (χ1v) is 9.18. The summed E-state index contributed by atoms with van der Waals surface area (Å²) in [4.78, 5) is 0. The van der Waals surface area contributed by atoms with E-state index >= 15 is 0 Å². The fourth-order valence-electron chi connectivity index (χ4n) is 3.67. The molecule has 19 heavy (non-hydrogen) atoms. The van der Waals surface area contributed by atoms with Gasteiger partial charge < -0.3 is 4.48 Å². The molecule has 1 aliphatic heterocycles. The van der Waals surface area contributed by atoms with Gasteiger partial charge in [0.2, 0.25) is 0 Å². The maximum absolute atomic E-state index is 2.31. The zero-order chi connectivity index (χ0) is 13.8. The van der Waals surface area contributed by atoms with Crippen molar-refractivity contribution < 1.29 is 4.48 Å². The van der Waals surface area contributed by atoms with E-state index in [-0.39, 0.29) is 0 Å². The predicted molar refractivity (Wildman–Crippen MR) is 86.5 cm³/mol. The van der Waals surface area contributed by atoms with Gasteiger partial charge in [-0.15, -0.1) is 0 Å². The van der Waals surface area contributed by atoms with Crippen molar-refractivity contribution in [1.29, 1.82) is 0 Å². The number of nitrogens with zero attached hydrogens (tertiary/aromatic N) is 1. The Labute approximate surface area is 122 Å². The number of rotatable bonds is 12.